The van der Waals surface area contributed by atoms with Crippen LogP contribution in [0.3, 0.4) is 0 Å². The minimum absolute atomic E-state index is 0.621. The van der Waals surface area contributed by atoms with Crippen molar-refractivity contribution in [3.8, 4) is 11.3 Å². The molecule has 0 atom stereocenters. The normalized spacial score (nSPS) is 10.6. The maximum atomic E-state index is 5.43. The second-order valence-electron chi connectivity index (χ2n) is 3.74. The molecule has 18 heavy (non-hydrogen) atoms. The van der Waals surface area contributed by atoms with E-state index in [-0.39, 0.29) is 0 Å². The Kier molecular flexibility index (Phi) is 4.16. The molecule has 0 aliphatic rings. The predicted octanol–water partition coefficient (Wildman–Crippen LogP) is 1.42. The number of nitrogens with zero attached hydrogens (tertiary/aromatic N) is 4. The van der Waals surface area contributed by atoms with Gasteiger partial charge in [-0.05, 0) is 5.75 Å². The van der Waals surface area contributed by atoms with E-state index in [0.29, 0.717) is 5.82 Å². The highest BCUT2D eigenvalue weighted by Crippen LogP contribution is 2.20. The van der Waals surface area contributed by atoms with Crippen molar-refractivity contribution in [1.82, 2.24) is 19.7 Å². The van der Waals surface area contributed by atoms with E-state index in [0.717, 1.165) is 28.6 Å². The summed E-state index contributed by atoms with van der Waals surface area (Å²) in [7, 11) is 1.88. The van der Waals surface area contributed by atoms with Gasteiger partial charge >= 0.3 is 0 Å². The van der Waals surface area contributed by atoms with E-state index in [1.165, 1.54) is 0 Å². The molecular formula is C11H16N6S. The van der Waals surface area contributed by atoms with E-state index in [4.69, 9.17) is 5.84 Å². The average Bonchev–Trinajstić information content (AvgIpc) is 2.82. The number of thioether (sulfide) groups is 1. The van der Waals surface area contributed by atoms with Crippen molar-refractivity contribution in [3.63, 3.8) is 0 Å². The highest BCUT2D eigenvalue weighted by molar-refractivity contribution is 7.98. The smallest absolute Gasteiger partial charge is 0.144 e. The van der Waals surface area contributed by atoms with Crippen molar-refractivity contribution in [1.29, 1.82) is 0 Å². The lowest BCUT2D eigenvalue weighted by Gasteiger charge is -2.06. The van der Waals surface area contributed by atoms with Gasteiger partial charge < -0.3 is 5.43 Å². The van der Waals surface area contributed by atoms with Crippen LogP contribution in [0.4, 0.5) is 5.82 Å². The summed E-state index contributed by atoms with van der Waals surface area (Å²) in [6.07, 6.45) is 3.69. The van der Waals surface area contributed by atoms with Gasteiger partial charge in [-0.3, -0.25) is 4.68 Å². The summed E-state index contributed by atoms with van der Waals surface area (Å²) in [5, 5.41) is 4.14. The molecule has 0 aliphatic heterocycles. The van der Waals surface area contributed by atoms with E-state index >= 15 is 0 Å². The van der Waals surface area contributed by atoms with Gasteiger partial charge in [-0.1, -0.05) is 6.92 Å². The molecule has 0 amide bonds. The van der Waals surface area contributed by atoms with Gasteiger partial charge in [0.2, 0.25) is 0 Å². The van der Waals surface area contributed by atoms with Crippen LogP contribution in [0.25, 0.3) is 11.3 Å². The summed E-state index contributed by atoms with van der Waals surface area (Å²) in [4.78, 5) is 8.85. The summed E-state index contributed by atoms with van der Waals surface area (Å²) >= 11 is 1.78. The lowest BCUT2D eigenvalue weighted by Crippen LogP contribution is -2.10. The minimum atomic E-state index is 0.621. The van der Waals surface area contributed by atoms with Gasteiger partial charge in [0.25, 0.3) is 0 Å². The molecule has 2 aromatic heterocycles. The summed E-state index contributed by atoms with van der Waals surface area (Å²) in [5.41, 5.74) is 4.36. The number of nitrogens with one attached hydrogen (secondary N) is 1. The highest BCUT2D eigenvalue weighted by Gasteiger charge is 2.07. The molecule has 0 saturated carbocycles. The molecule has 0 aromatic carbocycles. The molecule has 6 nitrogen and oxygen atoms in total. The Morgan fingerprint density at radius 1 is 1.44 bits per heavy atom. The SMILES string of the molecule is CCSCc1nc(NN)cc(-c2cnn(C)c2)n1. The average molecular weight is 264 g/mol. The molecule has 2 heterocycles. The van der Waals surface area contributed by atoms with Crippen LogP contribution < -0.4 is 11.3 Å². The first kappa shape index (κ1) is 12.8. The number of hydrogen-bond donors (Lipinski definition) is 2. The monoisotopic (exact) mass is 264 g/mol. The zero-order valence-corrected chi connectivity index (χ0v) is 11.2. The zero-order chi connectivity index (χ0) is 13.0. The van der Waals surface area contributed by atoms with Crippen molar-refractivity contribution in [2.45, 2.75) is 12.7 Å². The summed E-state index contributed by atoms with van der Waals surface area (Å²) < 4.78 is 1.74. The Morgan fingerprint density at radius 3 is 2.89 bits per heavy atom. The van der Waals surface area contributed by atoms with Gasteiger partial charge in [0.15, 0.2) is 0 Å². The minimum Gasteiger partial charge on any atom is -0.308 e. The lowest BCUT2D eigenvalue weighted by atomic mass is 10.2. The molecule has 0 unspecified atom stereocenters. The van der Waals surface area contributed by atoms with Crippen LogP contribution in [0.5, 0.6) is 0 Å². The Balaban J connectivity index is 2.34. The topological polar surface area (TPSA) is 81.6 Å². The van der Waals surface area contributed by atoms with E-state index in [9.17, 15) is 0 Å². The molecule has 0 bridgehead atoms. The van der Waals surface area contributed by atoms with Gasteiger partial charge in [-0.15, -0.1) is 0 Å². The Bertz CT molecular complexity index is 524. The zero-order valence-electron chi connectivity index (χ0n) is 10.4. The van der Waals surface area contributed by atoms with Crippen LogP contribution in [0.15, 0.2) is 18.5 Å². The van der Waals surface area contributed by atoms with Crippen LogP contribution in [-0.2, 0) is 12.8 Å². The largest absolute Gasteiger partial charge is 0.308 e. The fraction of sp³-hybridized carbons (Fsp3) is 0.364. The number of aryl methyl sites for hydroxylation is 1. The molecule has 3 N–H and O–H groups in total. The fourth-order valence-corrected chi connectivity index (χ4v) is 2.05. The highest BCUT2D eigenvalue weighted by atomic mass is 32.2. The maximum absolute atomic E-state index is 5.43. The van der Waals surface area contributed by atoms with Gasteiger partial charge in [-0.25, -0.2) is 15.8 Å². The summed E-state index contributed by atoms with van der Waals surface area (Å²) in [5.74, 6) is 8.64. The van der Waals surface area contributed by atoms with Gasteiger partial charge in [-0.2, -0.15) is 16.9 Å². The first-order chi connectivity index (χ1) is 8.72. The van der Waals surface area contributed by atoms with E-state index in [1.807, 2.05) is 19.3 Å². The van der Waals surface area contributed by atoms with Crippen molar-refractivity contribution in [2.75, 3.05) is 11.2 Å². The predicted molar refractivity (Wildman–Crippen MR) is 73.9 cm³/mol. The number of aromatic nitrogens is 4. The van der Waals surface area contributed by atoms with E-state index < -0.39 is 0 Å². The lowest BCUT2D eigenvalue weighted by molar-refractivity contribution is 0.768. The first-order valence-electron chi connectivity index (χ1n) is 5.64. The van der Waals surface area contributed by atoms with Crippen LogP contribution in [0, 0.1) is 0 Å². The van der Waals surface area contributed by atoms with Crippen molar-refractivity contribution in [3.05, 3.63) is 24.3 Å². The van der Waals surface area contributed by atoms with Crippen LogP contribution in [0.2, 0.25) is 0 Å². The number of nitrogens with two attached hydrogens (primary N) is 1. The van der Waals surface area contributed by atoms with Crippen LogP contribution in [0.1, 0.15) is 12.7 Å². The molecule has 2 aromatic rings. The van der Waals surface area contributed by atoms with Gasteiger partial charge in [0.1, 0.15) is 11.6 Å². The maximum Gasteiger partial charge on any atom is 0.144 e. The molecule has 7 heteroatoms. The molecule has 2 rings (SSSR count). The standard InChI is InChI=1S/C11H16N6S/c1-3-18-7-11-14-9(4-10(15-11)16-12)8-5-13-17(2)6-8/h4-6H,3,7,12H2,1-2H3,(H,14,15,16). The third kappa shape index (κ3) is 2.99. The first-order valence-corrected chi connectivity index (χ1v) is 6.79. The van der Waals surface area contributed by atoms with Crippen molar-refractivity contribution >= 4 is 17.6 Å². The quantitative estimate of drug-likeness (QED) is 0.628. The van der Waals surface area contributed by atoms with E-state index in [1.54, 1.807) is 22.6 Å². The van der Waals surface area contributed by atoms with Crippen LogP contribution in [-0.4, -0.2) is 25.5 Å². The molecule has 0 saturated heterocycles. The molecule has 96 valence electrons. The molecular weight excluding hydrogens is 248 g/mol. The van der Waals surface area contributed by atoms with Gasteiger partial charge in [0, 0.05) is 24.9 Å². The number of rotatable bonds is 5. The van der Waals surface area contributed by atoms with Crippen LogP contribution >= 0.6 is 11.8 Å². The summed E-state index contributed by atoms with van der Waals surface area (Å²) in [6.45, 7) is 2.11. The third-order valence-electron chi connectivity index (χ3n) is 2.36. The summed E-state index contributed by atoms with van der Waals surface area (Å²) in [6, 6.07) is 1.82. The third-order valence-corrected chi connectivity index (χ3v) is 3.23. The number of nitrogen functional groups attached to an aromatic ring is 1. The van der Waals surface area contributed by atoms with Crippen molar-refractivity contribution in [2.24, 2.45) is 12.9 Å². The van der Waals surface area contributed by atoms with Crippen molar-refractivity contribution < 1.29 is 0 Å². The Morgan fingerprint density at radius 2 is 2.28 bits per heavy atom. The molecule has 0 spiro atoms. The second kappa shape index (κ2) is 5.83. The number of hydrogen-bond acceptors (Lipinski definition) is 6. The second-order valence-corrected chi connectivity index (χ2v) is 5.01. The fourth-order valence-electron chi connectivity index (χ4n) is 1.53. The Hall–Kier alpha value is -1.60. The van der Waals surface area contributed by atoms with Gasteiger partial charge in [0.05, 0.1) is 17.6 Å². The Labute approximate surface area is 110 Å². The molecule has 0 fully saturated rings. The molecule has 0 aliphatic carbocycles. The number of anilines is 1. The molecule has 0 radical (unpaired) electrons. The number of hydrazine groups is 1. The van der Waals surface area contributed by atoms with E-state index in [2.05, 4.69) is 27.4 Å².